The molecule has 0 saturated carbocycles. The molecule has 0 spiro atoms. The number of benzene rings is 1. The summed E-state index contributed by atoms with van der Waals surface area (Å²) >= 11 is 0. The summed E-state index contributed by atoms with van der Waals surface area (Å²) in [6.45, 7) is 2.46. The van der Waals surface area contributed by atoms with Gasteiger partial charge in [-0.15, -0.1) is 0 Å². The molecule has 1 aliphatic heterocycles. The Kier molecular flexibility index (Phi) is 4.84. The molecule has 0 aliphatic carbocycles. The van der Waals surface area contributed by atoms with Crippen molar-refractivity contribution in [3.8, 4) is 5.75 Å². The van der Waals surface area contributed by atoms with Gasteiger partial charge in [0.2, 0.25) is 0 Å². The number of hydrogen-bond donors (Lipinski definition) is 1. The second-order valence-electron chi connectivity index (χ2n) is 4.87. The van der Waals surface area contributed by atoms with Gasteiger partial charge in [-0.1, -0.05) is 12.1 Å². The van der Waals surface area contributed by atoms with Crippen molar-refractivity contribution in [1.29, 1.82) is 0 Å². The van der Waals surface area contributed by atoms with E-state index in [0.717, 1.165) is 11.3 Å². The van der Waals surface area contributed by atoms with E-state index in [0.29, 0.717) is 6.61 Å². The number of sulfone groups is 1. The van der Waals surface area contributed by atoms with Gasteiger partial charge in [0.05, 0.1) is 25.2 Å². The molecule has 1 heterocycles. The summed E-state index contributed by atoms with van der Waals surface area (Å²) in [5, 5.41) is 3.03. The second kappa shape index (κ2) is 6.44. The van der Waals surface area contributed by atoms with Gasteiger partial charge in [-0.05, 0) is 24.6 Å². The van der Waals surface area contributed by atoms with Crippen LogP contribution >= 0.6 is 0 Å². The summed E-state index contributed by atoms with van der Waals surface area (Å²) < 4.78 is 33.9. The van der Waals surface area contributed by atoms with Gasteiger partial charge < -0.3 is 9.47 Å². The average Bonchev–Trinajstić information content (AvgIpc) is 2.46. The Morgan fingerprint density at radius 2 is 1.95 bits per heavy atom. The highest BCUT2D eigenvalue weighted by Crippen LogP contribution is 2.23. The average molecular weight is 313 g/mol. The van der Waals surface area contributed by atoms with E-state index < -0.39 is 27.9 Å². The van der Waals surface area contributed by atoms with Crippen LogP contribution in [0.3, 0.4) is 0 Å². The Hall–Kier alpha value is -1.60. The summed E-state index contributed by atoms with van der Waals surface area (Å²) in [7, 11) is -2.05. The summed E-state index contributed by atoms with van der Waals surface area (Å²) in [6.07, 6.45) is 0. The van der Waals surface area contributed by atoms with Crippen LogP contribution in [-0.4, -0.2) is 45.7 Å². The lowest BCUT2D eigenvalue weighted by Gasteiger charge is -2.29. The van der Waals surface area contributed by atoms with E-state index in [1.54, 1.807) is 24.3 Å². The first kappa shape index (κ1) is 15.8. The number of nitrogens with one attached hydrogen (secondary N) is 1. The van der Waals surface area contributed by atoms with Crippen LogP contribution in [0.5, 0.6) is 5.75 Å². The van der Waals surface area contributed by atoms with Crippen LogP contribution in [-0.2, 0) is 19.4 Å². The molecular weight excluding hydrogens is 294 g/mol. The van der Waals surface area contributed by atoms with Crippen LogP contribution in [0.2, 0.25) is 0 Å². The monoisotopic (exact) mass is 313 g/mol. The molecule has 7 heteroatoms. The highest BCUT2D eigenvalue weighted by molar-refractivity contribution is 7.91. The lowest BCUT2D eigenvalue weighted by Crippen LogP contribution is -2.51. The zero-order valence-corrected chi connectivity index (χ0v) is 12.9. The minimum Gasteiger partial charge on any atom is -0.494 e. The van der Waals surface area contributed by atoms with Crippen molar-refractivity contribution in [3.05, 3.63) is 29.8 Å². The second-order valence-corrected chi connectivity index (χ2v) is 7.03. The molecule has 0 aromatic heterocycles. The molecule has 2 rings (SSSR count). The van der Waals surface area contributed by atoms with Crippen molar-refractivity contribution >= 4 is 15.8 Å². The lowest BCUT2D eigenvalue weighted by molar-refractivity contribution is -0.142. The molecule has 21 heavy (non-hydrogen) atoms. The van der Waals surface area contributed by atoms with Gasteiger partial charge in [0.15, 0.2) is 9.84 Å². The molecule has 1 N–H and O–H groups in total. The van der Waals surface area contributed by atoms with Gasteiger partial charge in [0.25, 0.3) is 0 Å². The predicted octanol–water partition coefficient (Wildman–Crippen LogP) is 0.686. The molecule has 2 unspecified atom stereocenters. The Labute approximate surface area is 124 Å². The van der Waals surface area contributed by atoms with Crippen LogP contribution < -0.4 is 10.1 Å². The predicted molar refractivity (Wildman–Crippen MR) is 77.9 cm³/mol. The summed E-state index contributed by atoms with van der Waals surface area (Å²) in [5.74, 6) is -0.0968. The highest BCUT2D eigenvalue weighted by atomic mass is 32.2. The molecule has 2 atom stereocenters. The molecular formula is C14H19NO5S. The van der Waals surface area contributed by atoms with E-state index in [1.165, 1.54) is 7.11 Å². The number of esters is 1. The Morgan fingerprint density at radius 3 is 2.52 bits per heavy atom. The van der Waals surface area contributed by atoms with Crippen LogP contribution in [0, 0.1) is 0 Å². The first-order valence-electron chi connectivity index (χ1n) is 6.72. The molecule has 0 bridgehead atoms. The number of hydrogen-bond acceptors (Lipinski definition) is 6. The quantitative estimate of drug-likeness (QED) is 0.824. The maximum absolute atomic E-state index is 12.0. The normalized spacial score (nSPS) is 24.3. The first-order chi connectivity index (χ1) is 9.95. The Morgan fingerprint density at radius 1 is 1.29 bits per heavy atom. The highest BCUT2D eigenvalue weighted by Gasteiger charge is 2.36. The van der Waals surface area contributed by atoms with E-state index in [-0.39, 0.29) is 11.5 Å². The van der Waals surface area contributed by atoms with Gasteiger partial charge in [0.1, 0.15) is 11.8 Å². The van der Waals surface area contributed by atoms with Crippen molar-refractivity contribution in [2.45, 2.75) is 19.0 Å². The van der Waals surface area contributed by atoms with E-state index >= 15 is 0 Å². The Balaban J connectivity index is 2.19. The smallest absolute Gasteiger partial charge is 0.323 e. The molecule has 1 aromatic carbocycles. The van der Waals surface area contributed by atoms with Crippen molar-refractivity contribution in [2.24, 2.45) is 0 Å². The SMILES string of the molecule is CCOc1ccc(C2CS(=O)(=O)CC(C(=O)OC)N2)cc1. The summed E-state index contributed by atoms with van der Waals surface area (Å²) in [6, 6.07) is 5.92. The number of carbonyl (C=O) groups is 1. The van der Waals surface area contributed by atoms with Crippen LogP contribution in [0.1, 0.15) is 18.5 Å². The molecule has 6 nitrogen and oxygen atoms in total. The Bertz CT molecular complexity index is 596. The topological polar surface area (TPSA) is 81.7 Å². The van der Waals surface area contributed by atoms with Gasteiger partial charge in [-0.2, -0.15) is 0 Å². The van der Waals surface area contributed by atoms with E-state index in [9.17, 15) is 13.2 Å². The van der Waals surface area contributed by atoms with Crippen molar-refractivity contribution in [1.82, 2.24) is 5.32 Å². The number of methoxy groups -OCH3 is 1. The fourth-order valence-corrected chi connectivity index (χ4v) is 4.02. The van der Waals surface area contributed by atoms with Crippen molar-refractivity contribution in [3.63, 3.8) is 0 Å². The van der Waals surface area contributed by atoms with Crippen LogP contribution in [0.4, 0.5) is 0 Å². The van der Waals surface area contributed by atoms with Crippen molar-refractivity contribution < 1.29 is 22.7 Å². The maximum atomic E-state index is 12.0. The third-order valence-electron chi connectivity index (χ3n) is 3.32. The molecule has 1 aromatic rings. The van der Waals surface area contributed by atoms with Gasteiger partial charge in [0, 0.05) is 6.04 Å². The maximum Gasteiger partial charge on any atom is 0.323 e. The number of carbonyl (C=O) groups excluding carboxylic acids is 1. The molecule has 1 aliphatic rings. The number of ether oxygens (including phenoxy) is 2. The molecule has 1 saturated heterocycles. The zero-order valence-electron chi connectivity index (χ0n) is 12.0. The van der Waals surface area contributed by atoms with Crippen LogP contribution in [0.15, 0.2) is 24.3 Å². The standard InChI is InChI=1S/C14H19NO5S/c1-3-20-11-6-4-10(5-7-11)12-8-21(17,18)9-13(15-12)14(16)19-2/h4-7,12-13,15H,3,8-9H2,1-2H3. The van der Waals surface area contributed by atoms with E-state index in [1.807, 2.05) is 6.92 Å². The van der Waals surface area contributed by atoms with Gasteiger partial charge in [-0.25, -0.2) is 8.42 Å². The third-order valence-corrected chi connectivity index (χ3v) is 5.01. The fourth-order valence-electron chi connectivity index (χ4n) is 2.35. The minimum absolute atomic E-state index is 0.0333. The zero-order chi connectivity index (χ0) is 15.5. The molecule has 116 valence electrons. The van der Waals surface area contributed by atoms with E-state index in [2.05, 4.69) is 10.1 Å². The summed E-state index contributed by atoms with van der Waals surface area (Å²) in [5.41, 5.74) is 0.802. The van der Waals surface area contributed by atoms with Gasteiger partial charge in [-0.3, -0.25) is 10.1 Å². The summed E-state index contributed by atoms with van der Waals surface area (Å²) in [4.78, 5) is 11.6. The van der Waals surface area contributed by atoms with Crippen molar-refractivity contribution in [2.75, 3.05) is 25.2 Å². The minimum atomic E-state index is -3.30. The molecule has 1 fully saturated rings. The lowest BCUT2D eigenvalue weighted by atomic mass is 10.1. The first-order valence-corrected chi connectivity index (χ1v) is 8.54. The van der Waals surface area contributed by atoms with Crippen LogP contribution in [0.25, 0.3) is 0 Å². The third kappa shape index (κ3) is 3.95. The number of rotatable bonds is 4. The largest absolute Gasteiger partial charge is 0.494 e. The molecule has 0 radical (unpaired) electrons. The fraction of sp³-hybridized carbons (Fsp3) is 0.500. The van der Waals surface area contributed by atoms with Gasteiger partial charge >= 0.3 is 5.97 Å². The molecule has 0 amide bonds. The van der Waals surface area contributed by atoms with E-state index in [4.69, 9.17) is 4.74 Å².